The van der Waals surface area contributed by atoms with Crippen molar-refractivity contribution in [1.29, 1.82) is 0 Å². The van der Waals surface area contributed by atoms with Gasteiger partial charge in [-0.05, 0) is 64.7 Å². The molecule has 178 valence electrons. The minimum Gasteiger partial charge on any atom is -0.350 e. The van der Waals surface area contributed by atoms with Crippen LogP contribution in [-0.4, -0.2) is 61.3 Å². The molecule has 10 heteroatoms. The molecule has 0 saturated carbocycles. The van der Waals surface area contributed by atoms with E-state index in [1.807, 2.05) is 0 Å². The predicted octanol–water partition coefficient (Wildman–Crippen LogP) is 1.36. The zero-order chi connectivity index (χ0) is 22.5. The Morgan fingerprint density at radius 2 is 0.767 bits per heavy atom. The molecule has 10 nitrogen and oxygen atoms in total. The summed E-state index contributed by atoms with van der Waals surface area (Å²) in [6, 6.07) is -1.13. The van der Waals surface area contributed by atoms with Crippen LogP contribution in [0.2, 0.25) is 0 Å². The summed E-state index contributed by atoms with van der Waals surface area (Å²) in [7, 11) is 0. The van der Waals surface area contributed by atoms with Gasteiger partial charge in [-0.3, -0.25) is 10.0 Å². The van der Waals surface area contributed by atoms with Crippen molar-refractivity contribution in [3.63, 3.8) is 0 Å². The molecule has 0 saturated heterocycles. The van der Waals surface area contributed by atoms with Crippen LogP contribution in [0.25, 0.3) is 0 Å². The second-order valence-corrected chi connectivity index (χ2v) is 7.81. The van der Waals surface area contributed by atoms with Crippen LogP contribution in [0, 0.1) is 0 Å². The lowest BCUT2D eigenvalue weighted by molar-refractivity contribution is 0.207. The van der Waals surface area contributed by atoms with Crippen LogP contribution in [0.4, 0.5) is 9.59 Å². The van der Waals surface area contributed by atoms with Crippen LogP contribution < -0.4 is 33.8 Å². The highest BCUT2D eigenvalue weighted by atomic mass is 16.2. The van der Waals surface area contributed by atoms with Crippen molar-refractivity contribution in [2.45, 2.75) is 77.0 Å². The first-order valence-electron chi connectivity index (χ1n) is 11.5. The monoisotopic (exact) mass is 430 g/mol. The van der Waals surface area contributed by atoms with E-state index in [-0.39, 0.29) is 0 Å². The van der Waals surface area contributed by atoms with Crippen molar-refractivity contribution in [2.24, 2.45) is 23.2 Å². The lowest BCUT2D eigenvalue weighted by atomic mass is 10.1. The van der Waals surface area contributed by atoms with E-state index in [4.69, 9.17) is 23.2 Å². The Hall–Kier alpha value is -1.62. The average molecular weight is 431 g/mol. The van der Waals surface area contributed by atoms with Gasteiger partial charge in [-0.15, -0.1) is 0 Å². The van der Waals surface area contributed by atoms with Crippen molar-refractivity contribution >= 4 is 12.1 Å². The van der Waals surface area contributed by atoms with Gasteiger partial charge in [0.1, 0.15) is 0 Å². The maximum Gasteiger partial charge on any atom is 0.328 e. The van der Waals surface area contributed by atoms with Crippen LogP contribution in [0.5, 0.6) is 0 Å². The second-order valence-electron chi connectivity index (χ2n) is 7.81. The lowest BCUT2D eigenvalue weighted by Crippen LogP contribution is -2.41. The summed E-state index contributed by atoms with van der Waals surface area (Å²) in [4.78, 5) is 21.5. The molecule has 0 bridgehead atoms. The SMILES string of the molecule is NC(=O)N(N)CCCCCCNCCCCCCNCCCCCCN(N)C(N)=O. The van der Waals surface area contributed by atoms with Crippen molar-refractivity contribution in [1.82, 2.24) is 20.7 Å². The molecule has 0 aliphatic rings. The number of carbonyl (C=O) groups excluding carboxylic acids is 2. The first-order valence-corrected chi connectivity index (χ1v) is 11.5. The number of primary amides is 2. The van der Waals surface area contributed by atoms with E-state index in [1.54, 1.807) is 0 Å². The minimum absolute atomic E-state index is 0.531. The number of hydrogen-bond acceptors (Lipinski definition) is 6. The molecule has 0 aliphatic heterocycles. The first kappa shape index (κ1) is 28.4. The third-order valence-corrected chi connectivity index (χ3v) is 5.03. The molecular weight excluding hydrogens is 384 g/mol. The van der Waals surface area contributed by atoms with Gasteiger partial charge in [0.15, 0.2) is 0 Å². The Morgan fingerprint density at radius 3 is 1.03 bits per heavy atom. The number of carbonyl (C=O) groups is 2. The molecule has 0 aromatic rings. The normalized spacial score (nSPS) is 10.9. The van der Waals surface area contributed by atoms with Crippen molar-refractivity contribution in [2.75, 3.05) is 39.3 Å². The molecule has 0 radical (unpaired) electrons. The Balaban J connectivity index is 3.11. The number of unbranched alkanes of at least 4 members (excludes halogenated alkanes) is 9. The minimum atomic E-state index is -0.567. The van der Waals surface area contributed by atoms with E-state index in [0.29, 0.717) is 13.1 Å². The smallest absolute Gasteiger partial charge is 0.328 e. The fourth-order valence-electron chi connectivity index (χ4n) is 3.10. The Kier molecular flexibility index (Phi) is 19.5. The molecule has 0 aromatic carbocycles. The Morgan fingerprint density at radius 1 is 0.500 bits per heavy atom. The summed E-state index contributed by atoms with van der Waals surface area (Å²) in [6.45, 7) is 5.34. The van der Waals surface area contributed by atoms with E-state index in [0.717, 1.165) is 87.6 Å². The number of hydrazine groups is 2. The Bertz CT molecular complexity index is 388. The molecule has 0 aliphatic carbocycles. The summed E-state index contributed by atoms with van der Waals surface area (Å²) in [5.74, 6) is 10.9. The molecule has 0 fully saturated rings. The van der Waals surface area contributed by atoms with Gasteiger partial charge in [-0.2, -0.15) is 0 Å². The fourth-order valence-corrected chi connectivity index (χ4v) is 3.10. The molecular formula is C20H46N8O2. The number of nitrogens with two attached hydrogens (primary N) is 4. The van der Waals surface area contributed by atoms with Crippen LogP contribution >= 0.6 is 0 Å². The average Bonchev–Trinajstić information content (AvgIpc) is 2.71. The van der Waals surface area contributed by atoms with E-state index >= 15 is 0 Å². The molecule has 10 N–H and O–H groups in total. The molecule has 0 atom stereocenters. The number of amides is 4. The fraction of sp³-hybridized carbons (Fsp3) is 0.900. The second kappa shape index (κ2) is 20.6. The quantitative estimate of drug-likeness (QED) is 0.0695. The topological polar surface area (TPSA) is 169 Å². The third kappa shape index (κ3) is 19.7. The maximum atomic E-state index is 10.7. The van der Waals surface area contributed by atoms with Crippen molar-refractivity contribution in [3.05, 3.63) is 0 Å². The Labute approximate surface area is 182 Å². The van der Waals surface area contributed by atoms with Crippen LogP contribution in [0.15, 0.2) is 0 Å². The van der Waals surface area contributed by atoms with Crippen LogP contribution in [-0.2, 0) is 0 Å². The van der Waals surface area contributed by atoms with Gasteiger partial charge < -0.3 is 22.1 Å². The zero-order valence-electron chi connectivity index (χ0n) is 18.7. The van der Waals surface area contributed by atoms with Crippen molar-refractivity contribution < 1.29 is 9.59 Å². The van der Waals surface area contributed by atoms with Gasteiger partial charge in [0, 0.05) is 13.1 Å². The van der Waals surface area contributed by atoms with E-state index in [1.165, 1.54) is 25.7 Å². The highest BCUT2D eigenvalue weighted by Crippen LogP contribution is 2.02. The summed E-state index contributed by atoms with van der Waals surface area (Å²) < 4.78 is 0. The van der Waals surface area contributed by atoms with E-state index in [2.05, 4.69) is 10.6 Å². The number of rotatable bonds is 21. The zero-order valence-corrected chi connectivity index (χ0v) is 18.7. The molecule has 0 rings (SSSR count). The molecule has 4 amide bonds. The maximum absolute atomic E-state index is 10.7. The molecule has 0 aromatic heterocycles. The summed E-state index contributed by atoms with van der Waals surface area (Å²) in [5, 5.41) is 9.12. The largest absolute Gasteiger partial charge is 0.350 e. The third-order valence-electron chi connectivity index (χ3n) is 5.03. The number of nitrogens with zero attached hydrogens (tertiary/aromatic N) is 2. The summed E-state index contributed by atoms with van der Waals surface area (Å²) in [5.41, 5.74) is 10.1. The van der Waals surface area contributed by atoms with Crippen molar-refractivity contribution in [3.8, 4) is 0 Å². The highest BCUT2D eigenvalue weighted by Gasteiger charge is 2.03. The van der Waals surface area contributed by atoms with Gasteiger partial charge in [0.2, 0.25) is 0 Å². The van der Waals surface area contributed by atoms with Gasteiger partial charge in [0.05, 0.1) is 0 Å². The van der Waals surface area contributed by atoms with Gasteiger partial charge in [-0.1, -0.05) is 38.5 Å². The lowest BCUT2D eigenvalue weighted by Gasteiger charge is -2.12. The van der Waals surface area contributed by atoms with Gasteiger partial charge >= 0.3 is 12.1 Å². The summed E-state index contributed by atoms with van der Waals surface area (Å²) >= 11 is 0. The number of urea groups is 2. The standard InChI is InChI=1S/C20H46N8O2/c21-19(29)27(23)17-11-5-3-9-15-25-13-7-1-2-8-14-26-16-10-4-6-12-18-28(24)20(22)30/h25-26H,1-18,23-24H2,(H2,21,29)(H2,22,30). The van der Waals surface area contributed by atoms with Gasteiger partial charge in [-0.25, -0.2) is 21.3 Å². The van der Waals surface area contributed by atoms with Gasteiger partial charge in [0.25, 0.3) is 0 Å². The molecule has 0 spiro atoms. The number of nitrogens with one attached hydrogen (secondary N) is 2. The highest BCUT2D eigenvalue weighted by molar-refractivity contribution is 5.71. The van der Waals surface area contributed by atoms with E-state index in [9.17, 15) is 9.59 Å². The molecule has 0 unspecified atom stereocenters. The molecule has 0 heterocycles. The predicted molar refractivity (Wildman–Crippen MR) is 122 cm³/mol. The number of hydrogen-bond donors (Lipinski definition) is 6. The molecule has 30 heavy (non-hydrogen) atoms. The first-order chi connectivity index (χ1) is 14.4. The van der Waals surface area contributed by atoms with E-state index < -0.39 is 12.1 Å². The van der Waals surface area contributed by atoms with Crippen LogP contribution in [0.3, 0.4) is 0 Å². The summed E-state index contributed by atoms with van der Waals surface area (Å²) in [6.07, 6.45) is 13.5. The van der Waals surface area contributed by atoms with Crippen LogP contribution in [0.1, 0.15) is 77.0 Å².